The van der Waals surface area contributed by atoms with Crippen LogP contribution >= 0.6 is 0 Å². The van der Waals surface area contributed by atoms with Gasteiger partial charge in [0.05, 0.1) is 23.8 Å². The summed E-state index contributed by atoms with van der Waals surface area (Å²) in [6.07, 6.45) is 3.33. The molecule has 32 heavy (non-hydrogen) atoms. The van der Waals surface area contributed by atoms with Gasteiger partial charge in [-0.2, -0.15) is 0 Å². The molecule has 0 aliphatic rings. The fourth-order valence-corrected chi connectivity index (χ4v) is 3.89. The van der Waals surface area contributed by atoms with E-state index in [0.29, 0.717) is 41.2 Å². The average Bonchev–Trinajstić information content (AvgIpc) is 3.42. The number of nitrogens with zero attached hydrogens (tertiary/aromatic N) is 3. The number of rotatable bonds is 7. The number of furan rings is 1. The highest BCUT2D eigenvalue weighted by atomic mass is 16.3. The van der Waals surface area contributed by atoms with Crippen molar-refractivity contribution in [2.45, 2.75) is 19.4 Å². The molecular weight excluding hydrogens is 402 g/mol. The third kappa shape index (κ3) is 3.80. The van der Waals surface area contributed by atoms with E-state index in [2.05, 4.69) is 17.4 Å². The van der Waals surface area contributed by atoms with Gasteiger partial charge in [0.15, 0.2) is 5.65 Å². The van der Waals surface area contributed by atoms with Gasteiger partial charge in [0.2, 0.25) is 0 Å². The summed E-state index contributed by atoms with van der Waals surface area (Å²) in [4.78, 5) is 22.6. The Bertz CT molecular complexity index is 1370. The zero-order chi connectivity index (χ0) is 21.9. The van der Waals surface area contributed by atoms with Gasteiger partial charge < -0.3 is 20.0 Å². The zero-order valence-corrected chi connectivity index (χ0v) is 17.5. The van der Waals surface area contributed by atoms with E-state index >= 15 is 0 Å². The summed E-state index contributed by atoms with van der Waals surface area (Å²) in [5, 5.41) is 3.00. The molecule has 5 rings (SSSR count). The summed E-state index contributed by atoms with van der Waals surface area (Å²) < 4.78 is 7.28. The van der Waals surface area contributed by atoms with E-state index in [-0.39, 0.29) is 5.91 Å². The predicted octanol–water partition coefficient (Wildman–Crippen LogP) is 4.17. The summed E-state index contributed by atoms with van der Waals surface area (Å²) in [6.45, 7) is 0.905. The summed E-state index contributed by atoms with van der Waals surface area (Å²) in [6, 6.07) is 21.5. The zero-order valence-electron chi connectivity index (χ0n) is 17.5. The first-order chi connectivity index (χ1) is 15.7. The van der Waals surface area contributed by atoms with Crippen molar-refractivity contribution in [1.29, 1.82) is 0 Å². The quantitative estimate of drug-likeness (QED) is 0.381. The van der Waals surface area contributed by atoms with E-state index < -0.39 is 0 Å². The van der Waals surface area contributed by atoms with Crippen molar-refractivity contribution in [3.63, 3.8) is 0 Å². The Morgan fingerprint density at radius 1 is 0.969 bits per heavy atom. The van der Waals surface area contributed by atoms with E-state index in [4.69, 9.17) is 20.1 Å². The SMILES string of the molecule is Nc1c(C(=O)NCCCc2ccccc2)c2nc3ccccc3nc2n1Cc1ccco1. The maximum atomic E-state index is 13.1. The molecule has 0 unspecified atom stereocenters. The van der Waals surface area contributed by atoms with Gasteiger partial charge in [0.25, 0.3) is 5.91 Å². The second kappa shape index (κ2) is 8.55. The standard InChI is InChI=1S/C25H23N5O2/c26-23-21(25(31)27-14-6-10-17-8-2-1-3-9-17)22-24(30(23)16-18-11-7-15-32-18)29-20-13-5-4-12-19(20)28-22/h1-5,7-9,11-13,15H,6,10,14,16,26H2,(H,27,31). The van der Waals surface area contributed by atoms with Gasteiger partial charge in [-0.15, -0.1) is 0 Å². The number of carbonyl (C=O) groups excluding carboxylic acids is 1. The number of nitrogen functional groups attached to an aromatic ring is 1. The Labute approximate surface area is 184 Å². The number of fused-ring (bicyclic) bond motifs is 2. The molecule has 0 aliphatic carbocycles. The number of aromatic nitrogens is 3. The predicted molar refractivity (Wildman–Crippen MR) is 124 cm³/mol. The monoisotopic (exact) mass is 425 g/mol. The first kappa shape index (κ1) is 19.8. The number of nitrogens with one attached hydrogen (secondary N) is 1. The van der Waals surface area contributed by atoms with Crippen LogP contribution in [0, 0.1) is 0 Å². The van der Waals surface area contributed by atoms with Gasteiger partial charge >= 0.3 is 0 Å². The summed E-state index contributed by atoms with van der Waals surface area (Å²) in [7, 11) is 0. The van der Waals surface area contributed by atoms with Crippen molar-refractivity contribution >= 4 is 33.9 Å². The first-order valence-corrected chi connectivity index (χ1v) is 10.6. The topological polar surface area (TPSA) is 99.0 Å². The van der Waals surface area contributed by atoms with Gasteiger partial charge in [-0.1, -0.05) is 42.5 Å². The van der Waals surface area contributed by atoms with Crippen LogP contribution in [0.1, 0.15) is 28.1 Å². The largest absolute Gasteiger partial charge is 0.467 e. The number of para-hydroxylation sites is 2. The maximum Gasteiger partial charge on any atom is 0.257 e. The Hall–Kier alpha value is -4.13. The molecule has 3 heterocycles. The van der Waals surface area contributed by atoms with Gasteiger partial charge in [-0.05, 0) is 42.7 Å². The van der Waals surface area contributed by atoms with E-state index in [1.807, 2.05) is 54.6 Å². The lowest BCUT2D eigenvalue weighted by Crippen LogP contribution is -2.25. The Kier molecular flexibility index (Phi) is 5.29. The highest BCUT2D eigenvalue weighted by molar-refractivity contribution is 6.10. The number of hydrogen-bond donors (Lipinski definition) is 2. The van der Waals surface area contributed by atoms with Gasteiger partial charge in [0, 0.05) is 6.54 Å². The van der Waals surface area contributed by atoms with Gasteiger partial charge in [-0.3, -0.25) is 4.79 Å². The number of anilines is 1. The van der Waals surface area contributed by atoms with Gasteiger partial charge in [0.1, 0.15) is 22.7 Å². The Morgan fingerprint density at radius 3 is 2.47 bits per heavy atom. The van der Waals surface area contributed by atoms with Crippen LogP contribution in [0.15, 0.2) is 77.4 Å². The molecule has 2 aromatic carbocycles. The van der Waals surface area contributed by atoms with Crippen LogP contribution < -0.4 is 11.1 Å². The smallest absolute Gasteiger partial charge is 0.257 e. The van der Waals surface area contributed by atoms with Crippen LogP contribution in [0.2, 0.25) is 0 Å². The van der Waals surface area contributed by atoms with Crippen molar-refractivity contribution in [3.8, 4) is 0 Å². The molecular formula is C25H23N5O2. The summed E-state index contributed by atoms with van der Waals surface area (Å²) in [5.41, 5.74) is 10.6. The van der Waals surface area contributed by atoms with Crippen LogP contribution in [0.25, 0.3) is 22.2 Å². The minimum atomic E-state index is -0.247. The van der Waals surface area contributed by atoms with E-state index in [1.165, 1.54) is 5.56 Å². The van der Waals surface area contributed by atoms with Crippen molar-refractivity contribution in [1.82, 2.24) is 19.9 Å². The normalized spacial score (nSPS) is 11.2. The molecule has 0 atom stereocenters. The first-order valence-electron chi connectivity index (χ1n) is 10.6. The number of amides is 1. The minimum Gasteiger partial charge on any atom is -0.467 e. The molecule has 0 saturated carbocycles. The number of benzene rings is 2. The highest BCUT2D eigenvalue weighted by Crippen LogP contribution is 2.28. The van der Waals surface area contributed by atoms with Crippen LogP contribution in [-0.4, -0.2) is 27.0 Å². The highest BCUT2D eigenvalue weighted by Gasteiger charge is 2.24. The van der Waals surface area contributed by atoms with Crippen LogP contribution in [-0.2, 0) is 13.0 Å². The van der Waals surface area contributed by atoms with Crippen molar-refractivity contribution in [2.24, 2.45) is 0 Å². The minimum absolute atomic E-state index is 0.247. The number of aryl methyl sites for hydroxylation is 1. The number of nitrogens with two attached hydrogens (primary N) is 1. The molecule has 3 N–H and O–H groups in total. The second-order valence-corrected chi connectivity index (χ2v) is 7.66. The van der Waals surface area contributed by atoms with Crippen LogP contribution in [0.5, 0.6) is 0 Å². The lowest BCUT2D eigenvalue weighted by Gasteiger charge is -2.07. The number of carbonyl (C=O) groups is 1. The molecule has 0 spiro atoms. The molecule has 7 nitrogen and oxygen atoms in total. The van der Waals surface area contributed by atoms with Crippen LogP contribution in [0.4, 0.5) is 5.82 Å². The average molecular weight is 425 g/mol. The molecule has 3 aromatic heterocycles. The fraction of sp³-hybridized carbons (Fsp3) is 0.160. The molecule has 0 aliphatic heterocycles. The molecule has 0 fully saturated rings. The van der Waals surface area contributed by atoms with E-state index in [9.17, 15) is 4.79 Å². The second-order valence-electron chi connectivity index (χ2n) is 7.66. The molecule has 0 radical (unpaired) electrons. The van der Waals surface area contributed by atoms with Crippen LogP contribution in [0.3, 0.4) is 0 Å². The fourth-order valence-electron chi connectivity index (χ4n) is 3.89. The molecule has 160 valence electrons. The Balaban J connectivity index is 1.46. The maximum absolute atomic E-state index is 13.1. The van der Waals surface area contributed by atoms with Crippen molar-refractivity contribution < 1.29 is 9.21 Å². The van der Waals surface area contributed by atoms with E-state index in [0.717, 1.165) is 24.1 Å². The summed E-state index contributed by atoms with van der Waals surface area (Å²) >= 11 is 0. The Morgan fingerprint density at radius 2 is 1.72 bits per heavy atom. The lowest BCUT2D eigenvalue weighted by atomic mass is 10.1. The third-order valence-electron chi connectivity index (χ3n) is 5.48. The molecule has 1 amide bonds. The molecule has 0 saturated heterocycles. The molecule has 0 bridgehead atoms. The van der Waals surface area contributed by atoms with Gasteiger partial charge in [-0.25, -0.2) is 9.97 Å². The third-order valence-corrected chi connectivity index (χ3v) is 5.48. The lowest BCUT2D eigenvalue weighted by molar-refractivity contribution is 0.0955. The van der Waals surface area contributed by atoms with Crippen molar-refractivity contribution in [3.05, 3.63) is 89.9 Å². The van der Waals surface area contributed by atoms with Crippen molar-refractivity contribution in [2.75, 3.05) is 12.3 Å². The molecule has 5 aromatic rings. The van der Waals surface area contributed by atoms with E-state index in [1.54, 1.807) is 10.8 Å². The molecule has 7 heteroatoms. The summed E-state index contributed by atoms with van der Waals surface area (Å²) in [5.74, 6) is 0.800. The number of hydrogen-bond acceptors (Lipinski definition) is 5.